The van der Waals surface area contributed by atoms with Crippen LogP contribution in [0.4, 0.5) is 17.6 Å². The molecule has 0 spiro atoms. The number of nitrogens with two attached hydrogens (primary N) is 1. The molecule has 0 radical (unpaired) electrons. The maximum absolute atomic E-state index is 13.3. The van der Waals surface area contributed by atoms with Crippen molar-refractivity contribution in [2.75, 3.05) is 0 Å². The molecule has 1 aromatic rings. The molecule has 0 saturated carbocycles. The molecule has 0 fully saturated rings. The predicted octanol–water partition coefficient (Wildman–Crippen LogP) is 2.35. The molecule has 0 bridgehead atoms. The fourth-order valence-electron chi connectivity index (χ4n) is 1.67. The summed E-state index contributed by atoms with van der Waals surface area (Å²) in [5, 5.41) is 13.9. The third-order valence-electron chi connectivity index (χ3n) is 2.55. The number of nitrogens with one attached hydrogen (secondary N) is 1. The van der Waals surface area contributed by atoms with Gasteiger partial charge in [0.25, 0.3) is 0 Å². The summed E-state index contributed by atoms with van der Waals surface area (Å²) >= 11 is 0. The van der Waals surface area contributed by atoms with Crippen LogP contribution in [-0.4, -0.2) is 23.3 Å². The number of halogens is 4. The van der Waals surface area contributed by atoms with Crippen LogP contribution in [0.15, 0.2) is 23.4 Å². The summed E-state index contributed by atoms with van der Waals surface area (Å²) in [5.74, 6) is -0.886. The molecular weight excluding hydrogens is 278 g/mol. The summed E-state index contributed by atoms with van der Waals surface area (Å²) < 4.78 is 49.8. The molecule has 4 N–H and O–H groups in total. The van der Waals surface area contributed by atoms with Crippen LogP contribution in [-0.2, 0) is 6.54 Å². The highest BCUT2D eigenvalue weighted by atomic mass is 19.4. The SMILES string of the molecule is CC(CC(F)(F)F)NCc1cc(F)cc(/C(N)=N/O)c1. The first kappa shape index (κ1) is 16.2. The van der Waals surface area contributed by atoms with Crippen LogP contribution in [0.5, 0.6) is 0 Å². The van der Waals surface area contributed by atoms with Crippen molar-refractivity contribution >= 4 is 5.84 Å². The van der Waals surface area contributed by atoms with E-state index in [9.17, 15) is 17.6 Å². The molecule has 0 aliphatic heterocycles. The van der Waals surface area contributed by atoms with Crippen molar-refractivity contribution in [3.8, 4) is 0 Å². The molecule has 1 rings (SSSR count). The zero-order valence-electron chi connectivity index (χ0n) is 10.7. The van der Waals surface area contributed by atoms with Crippen molar-refractivity contribution in [1.82, 2.24) is 5.32 Å². The minimum atomic E-state index is -4.26. The van der Waals surface area contributed by atoms with Crippen LogP contribution >= 0.6 is 0 Å². The molecular formula is C12H15F4N3O. The van der Waals surface area contributed by atoms with Gasteiger partial charge in [-0.3, -0.25) is 0 Å². The van der Waals surface area contributed by atoms with E-state index in [1.807, 2.05) is 0 Å². The molecule has 4 nitrogen and oxygen atoms in total. The Labute approximate surface area is 113 Å². The number of oxime groups is 1. The van der Waals surface area contributed by atoms with E-state index < -0.39 is 24.5 Å². The van der Waals surface area contributed by atoms with Crippen LogP contribution in [0.2, 0.25) is 0 Å². The normalized spacial score (nSPS) is 14.3. The predicted molar refractivity (Wildman–Crippen MR) is 65.9 cm³/mol. The number of hydrogen-bond acceptors (Lipinski definition) is 3. The van der Waals surface area contributed by atoms with Crippen molar-refractivity contribution in [3.63, 3.8) is 0 Å². The van der Waals surface area contributed by atoms with Crippen LogP contribution in [0.25, 0.3) is 0 Å². The summed E-state index contributed by atoms with van der Waals surface area (Å²) in [4.78, 5) is 0. The second kappa shape index (κ2) is 6.56. The van der Waals surface area contributed by atoms with Gasteiger partial charge in [-0.15, -0.1) is 0 Å². The molecule has 0 aliphatic rings. The van der Waals surface area contributed by atoms with Gasteiger partial charge in [-0.25, -0.2) is 4.39 Å². The van der Waals surface area contributed by atoms with E-state index in [-0.39, 0.29) is 17.9 Å². The lowest BCUT2D eigenvalue weighted by atomic mass is 10.1. The summed E-state index contributed by atoms with van der Waals surface area (Å²) in [6.45, 7) is 1.43. The third kappa shape index (κ3) is 5.43. The molecule has 20 heavy (non-hydrogen) atoms. The molecule has 1 aromatic carbocycles. The smallest absolute Gasteiger partial charge is 0.390 e. The lowest BCUT2D eigenvalue weighted by molar-refractivity contribution is -0.139. The quantitative estimate of drug-likeness (QED) is 0.256. The lowest BCUT2D eigenvalue weighted by Gasteiger charge is -2.16. The number of alkyl halides is 3. The van der Waals surface area contributed by atoms with Crippen molar-refractivity contribution in [2.24, 2.45) is 10.9 Å². The molecule has 1 unspecified atom stereocenters. The average molecular weight is 293 g/mol. The second-order valence-corrected chi connectivity index (χ2v) is 4.43. The molecule has 0 aliphatic carbocycles. The largest absolute Gasteiger partial charge is 0.409 e. The Hall–Kier alpha value is -1.83. The Kier molecular flexibility index (Phi) is 5.32. The average Bonchev–Trinajstić information content (AvgIpc) is 2.32. The van der Waals surface area contributed by atoms with Gasteiger partial charge in [0.05, 0.1) is 6.42 Å². The van der Waals surface area contributed by atoms with Gasteiger partial charge in [0.2, 0.25) is 0 Å². The summed E-state index contributed by atoms with van der Waals surface area (Å²) in [5.41, 5.74) is 5.90. The zero-order chi connectivity index (χ0) is 15.3. The summed E-state index contributed by atoms with van der Waals surface area (Å²) in [7, 11) is 0. The van der Waals surface area contributed by atoms with Gasteiger partial charge >= 0.3 is 6.18 Å². The van der Waals surface area contributed by atoms with Crippen LogP contribution in [0.1, 0.15) is 24.5 Å². The standard InChI is InChI=1S/C12H15F4N3O/c1-7(5-12(14,15)16)18-6-8-2-9(11(17)19-20)4-10(13)3-8/h2-4,7,18,20H,5-6H2,1H3,(H2,17,19). The Balaban J connectivity index is 2.71. The third-order valence-corrected chi connectivity index (χ3v) is 2.55. The lowest BCUT2D eigenvalue weighted by Crippen LogP contribution is -2.30. The first-order valence-electron chi connectivity index (χ1n) is 5.79. The molecule has 0 saturated heterocycles. The molecule has 0 amide bonds. The highest BCUT2D eigenvalue weighted by Gasteiger charge is 2.29. The Morgan fingerprint density at radius 2 is 2.05 bits per heavy atom. The zero-order valence-corrected chi connectivity index (χ0v) is 10.7. The van der Waals surface area contributed by atoms with Crippen LogP contribution in [0, 0.1) is 5.82 Å². The monoisotopic (exact) mass is 293 g/mol. The van der Waals surface area contributed by atoms with Crippen LogP contribution < -0.4 is 11.1 Å². The van der Waals surface area contributed by atoms with Crippen molar-refractivity contribution in [2.45, 2.75) is 32.1 Å². The van der Waals surface area contributed by atoms with Crippen molar-refractivity contribution in [3.05, 3.63) is 35.1 Å². The summed E-state index contributed by atoms with van der Waals surface area (Å²) in [6.07, 6.45) is -5.23. The van der Waals surface area contributed by atoms with E-state index in [4.69, 9.17) is 10.9 Å². The molecule has 0 aromatic heterocycles. The van der Waals surface area contributed by atoms with Gasteiger partial charge in [0.15, 0.2) is 5.84 Å². The minimum absolute atomic E-state index is 0.0424. The molecule has 112 valence electrons. The fraction of sp³-hybridized carbons (Fsp3) is 0.417. The van der Waals surface area contributed by atoms with E-state index in [0.29, 0.717) is 5.56 Å². The van der Waals surface area contributed by atoms with Crippen LogP contribution in [0.3, 0.4) is 0 Å². The maximum atomic E-state index is 13.3. The van der Waals surface area contributed by atoms with E-state index >= 15 is 0 Å². The molecule has 8 heteroatoms. The second-order valence-electron chi connectivity index (χ2n) is 4.43. The summed E-state index contributed by atoms with van der Waals surface area (Å²) in [6, 6.07) is 2.87. The number of hydrogen-bond donors (Lipinski definition) is 3. The van der Waals surface area contributed by atoms with Gasteiger partial charge in [0, 0.05) is 18.2 Å². The topological polar surface area (TPSA) is 70.6 Å². The Morgan fingerprint density at radius 1 is 1.40 bits per heavy atom. The van der Waals surface area contributed by atoms with Gasteiger partial charge in [-0.2, -0.15) is 13.2 Å². The van der Waals surface area contributed by atoms with Gasteiger partial charge < -0.3 is 16.3 Å². The number of nitrogens with zero attached hydrogens (tertiary/aromatic N) is 1. The number of amidine groups is 1. The first-order valence-corrected chi connectivity index (χ1v) is 5.79. The number of rotatable bonds is 5. The minimum Gasteiger partial charge on any atom is -0.409 e. The van der Waals surface area contributed by atoms with Gasteiger partial charge in [0.1, 0.15) is 5.82 Å². The van der Waals surface area contributed by atoms with E-state index in [1.165, 1.54) is 19.1 Å². The van der Waals surface area contributed by atoms with Gasteiger partial charge in [-0.05, 0) is 30.7 Å². The van der Waals surface area contributed by atoms with E-state index in [2.05, 4.69) is 10.5 Å². The van der Waals surface area contributed by atoms with E-state index in [1.54, 1.807) is 0 Å². The van der Waals surface area contributed by atoms with Crippen molar-refractivity contribution in [1.29, 1.82) is 0 Å². The fourth-order valence-corrected chi connectivity index (χ4v) is 1.67. The highest BCUT2D eigenvalue weighted by molar-refractivity contribution is 5.97. The number of benzene rings is 1. The van der Waals surface area contributed by atoms with Gasteiger partial charge in [-0.1, -0.05) is 5.16 Å². The van der Waals surface area contributed by atoms with Crippen molar-refractivity contribution < 1.29 is 22.8 Å². The maximum Gasteiger partial charge on any atom is 0.390 e. The highest BCUT2D eigenvalue weighted by Crippen LogP contribution is 2.21. The first-order chi connectivity index (χ1) is 9.21. The van der Waals surface area contributed by atoms with E-state index in [0.717, 1.165) is 6.07 Å². The molecule has 0 heterocycles. The Morgan fingerprint density at radius 3 is 2.60 bits per heavy atom. The Bertz CT molecular complexity index is 488. The molecule has 1 atom stereocenters.